The maximum atomic E-state index is 5.50. The van der Waals surface area contributed by atoms with Gasteiger partial charge in [-0.1, -0.05) is 44.2 Å². The molecule has 0 fully saturated rings. The number of ether oxygens (including phenoxy) is 1. The highest BCUT2D eigenvalue weighted by Crippen LogP contribution is 2.24. The largest absolute Gasteiger partial charge is 0.494 e. The lowest BCUT2D eigenvalue weighted by Gasteiger charge is -2.13. The van der Waals surface area contributed by atoms with Crippen molar-refractivity contribution in [2.24, 2.45) is 5.92 Å². The Morgan fingerprint density at radius 2 is 1.63 bits per heavy atom. The van der Waals surface area contributed by atoms with Crippen LogP contribution in [0.15, 0.2) is 60.7 Å². The van der Waals surface area contributed by atoms with Crippen LogP contribution in [0, 0.1) is 5.92 Å². The molecular formula is C22H26N4O. The van der Waals surface area contributed by atoms with Crippen molar-refractivity contribution in [1.29, 1.82) is 0 Å². The Morgan fingerprint density at radius 3 is 2.30 bits per heavy atom. The molecule has 3 aromatic rings. The van der Waals surface area contributed by atoms with Crippen LogP contribution in [-0.2, 0) is 0 Å². The van der Waals surface area contributed by atoms with E-state index in [0.717, 1.165) is 35.2 Å². The first-order valence-corrected chi connectivity index (χ1v) is 9.32. The number of aromatic nitrogens is 2. The molecule has 0 unspecified atom stereocenters. The van der Waals surface area contributed by atoms with Gasteiger partial charge in [0.25, 0.3) is 0 Å². The third kappa shape index (κ3) is 5.45. The minimum Gasteiger partial charge on any atom is -0.494 e. The predicted octanol–water partition coefficient (Wildman–Crippen LogP) is 5.35. The van der Waals surface area contributed by atoms with E-state index >= 15 is 0 Å². The van der Waals surface area contributed by atoms with Gasteiger partial charge in [0.2, 0.25) is 0 Å². The first kappa shape index (κ1) is 18.7. The highest BCUT2D eigenvalue weighted by molar-refractivity contribution is 5.65. The maximum Gasteiger partial charge on any atom is 0.163 e. The zero-order valence-electron chi connectivity index (χ0n) is 16.1. The molecule has 0 bridgehead atoms. The quantitative estimate of drug-likeness (QED) is 0.565. The van der Waals surface area contributed by atoms with Crippen molar-refractivity contribution in [1.82, 2.24) is 9.97 Å². The van der Waals surface area contributed by atoms with Gasteiger partial charge >= 0.3 is 0 Å². The van der Waals surface area contributed by atoms with Gasteiger partial charge in [0, 0.05) is 23.9 Å². The van der Waals surface area contributed by atoms with Crippen molar-refractivity contribution in [3.05, 3.63) is 60.7 Å². The smallest absolute Gasteiger partial charge is 0.163 e. The minimum atomic E-state index is 0.530. The fourth-order valence-electron chi connectivity index (χ4n) is 2.58. The van der Waals surface area contributed by atoms with Gasteiger partial charge in [0.05, 0.1) is 6.61 Å². The summed E-state index contributed by atoms with van der Waals surface area (Å²) in [5, 5.41) is 6.76. The third-order valence-corrected chi connectivity index (χ3v) is 3.89. The summed E-state index contributed by atoms with van der Waals surface area (Å²) >= 11 is 0. The average Bonchev–Trinajstić information content (AvgIpc) is 2.69. The summed E-state index contributed by atoms with van der Waals surface area (Å²) in [5.74, 6) is 3.64. The molecule has 0 saturated heterocycles. The molecule has 2 N–H and O–H groups in total. The first-order valence-electron chi connectivity index (χ1n) is 9.32. The molecule has 2 aromatic carbocycles. The molecule has 1 heterocycles. The summed E-state index contributed by atoms with van der Waals surface area (Å²) in [6.45, 7) is 7.83. The van der Waals surface area contributed by atoms with Crippen molar-refractivity contribution in [2.75, 3.05) is 23.8 Å². The second-order valence-corrected chi connectivity index (χ2v) is 6.69. The monoisotopic (exact) mass is 362 g/mol. The van der Waals surface area contributed by atoms with Crippen LogP contribution in [0.1, 0.15) is 20.8 Å². The molecule has 0 amide bonds. The summed E-state index contributed by atoms with van der Waals surface area (Å²) in [6.07, 6.45) is 0. The first-order chi connectivity index (χ1) is 13.1. The van der Waals surface area contributed by atoms with Crippen molar-refractivity contribution in [3.63, 3.8) is 0 Å². The number of anilines is 3. The molecule has 3 rings (SSSR count). The van der Waals surface area contributed by atoms with E-state index < -0.39 is 0 Å². The number of nitrogens with one attached hydrogen (secondary N) is 2. The Hall–Kier alpha value is -3.08. The topological polar surface area (TPSA) is 59.1 Å². The van der Waals surface area contributed by atoms with Crippen LogP contribution in [0.5, 0.6) is 5.75 Å². The van der Waals surface area contributed by atoms with Crippen LogP contribution in [-0.4, -0.2) is 23.1 Å². The molecule has 1 aromatic heterocycles. The Balaban J connectivity index is 1.87. The van der Waals surface area contributed by atoms with Crippen LogP contribution in [0.25, 0.3) is 11.4 Å². The van der Waals surface area contributed by atoms with Crippen LogP contribution in [0.2, 0.25) is 0 Å². The van der Waals surface area contributed by atoms with E-state index in [-0.39, 0.29) is 0 Å². The summed E-state index contributed by atoms with van der Waals surface area (Å²) < 4.78 is 5.50. The van der Waals surface area contributed by atoms with E-state index in [0.29, 0.717) is 18.3 Å². The number of hydrogen-bond donors (Lipinski definition) is 2. The summed E-state index contributed by atoms with van der Waals surface area (Å²) in [5.41, 5.74) is 1.94. The van der Waals surface area contributed by atoms with Gasteiger partial charge in [0.15, 0.2) is 5.82 Å². The second-order valence-electron chi connectivity index (χ2n) is 6.69. The Morgan fingerprint density at radius 1 is 0.926 bits per heavy atom. The number of benzene rings is 2. The van der Waals surface area contributed by atoms with Gasteiger partial charge in [-0.25, -0.2) is 9.97 Å². The fourth-order valence-corrected chi connectivity index (χ4v) is 2.58. The van der Waals surface area contributed by atoms with Crippen LogP contribution < -0.4 is 15.4 Å². The third-order valence-electron chi connectivity index (χ3n) is 3.89. The zero-order chi connectivity index (χ0) is 19.1. The minimum absolute atomic E-state index is 0.530. The highest BCUT2D eigenvalue weighted by Gasteiger charge is 2.08. The van der Waals surface area contributed by atoms with Gasteiger partial charge in [-0.15, -0.1) is 0 Å². The Bertz CT molecular complexity index is 848. The van der Waals surface area contributed by atoms with Gasteiger partial charge in [-0.05, 0) is 37.1 Å². The number of hydrogen-bond acceptors (Lipinski definition) is 5. The van der Waals surface area contributed by atoms with Gasteiger partial charge < -0.3 is 15.4 Å². The van der Waals surface area contributed by atoms with Crippen molar-refractivity contribution in [3.8, 4) is 17.1 Å². The van der Waals surface area contributed by atoms with Gasteiger partial charge in [-0.3, -0.25) is 0 Å². The molecule has 140 valence electrons. The number of rotatable bonds is 8. The molecule has 0 aliphatic heterocycles. The molecule has 0 atom stereocenters. The molecule has 0 saturated carbocycles. The molecule has 27 heavy (non-hydrogen) atoms. The van der Waals surface area contributed by atoms with Crippen molar-refractivity contribution in [2.45, 2.75) is 20.8 Å². The molecular weight excluding hydrogens is 336 g/mol. The van der Waals surface area contributed by atoms with Crippen molar-refractivity contribution >= 4 is 17.3 Å². The van der Waals surface area contributed by atoms with Crippen LogP contribution in [0.4, 0.5) is 17.3 Å². The van der Waals surface area contributed by atoms with E-state index in [9.17, 15) is 0 Å². The second kappa shape index (κ2) is 9.03. The lowest BCUT2D eigenvalue weighted by Crippen LogP contribution is -2.10. The van der Waals surface area contributed by atoms with Gasteiger partial charge in [0.1, 0.15) is 17.4 Å². The van der Waals surface area contributed by atoms with E-state index in [1.54, 1.807) is 0 Å². The van der Waals surface area contributed by atoms with E-state index in [1.807, 2.05) is 67.6 Å². The van der Waals surface area contributed by atoms with E-state index in [2.05, 4.69) is 29.5 Å². The molecule has 0 aliphatic rings. The van der Waals surface area contributed by atoms with Gasteiger partial charge in [-0.2, -0.15) is 0 Å². The summed E-state index contributed by atoms with van der Waals surface area (Å²) in [7, 11) is 0. The molecule has 0 radical (unpaired) electrons. The summed E-state index contributed by atoms with van der Waals surface area (Å²) in [6, 6.07) is 19.8. The molecule has 0 aliphatic carbocycles. The van der Waals surface area contributed by atoms with E-state index in [4.69, 9.17) is 9.72 Å². The molecule has 5 heteroatoms. The Labute approximate surface area is 160 Å². The molecule has 0 spiro atoms. The van der Waals surface area contributed by atoms with Crippen molar-refractivity contribution < 1.29 is 4.74 Å². The van der Waals surface area contributed by atoms with Crippen LogP contribution >= 0.6 is 0 Å². The fraction of sp³-hybridized carbons (Fsp3) is 0.273. The normalized spacial score (nSPS) is 10.7. The summed E-state index contributed by atoms with van der Waals surface area (Å²) in [4.78, 5) is 9.36. The Kier molecular flexibility index (Phi) is 6.26. The highest BCUT2D eigenvalue weighted by atomic mass is 16.5. The lowest BCUT2D eigenvalue weighted by molar-refractivity contribution is 0.340. The standard InChI is InChI=1S/C22H26N4O/c1-4-27-19-12-10-18(11-13-19)24-21-14-20(23-15-16(2)3)25-22(26-21)17-8-6-5-7-9-17/h5-14,16H,4,15H2,1-3H3,(H2,23,24,25,26). The zero-order valence-corrected chi connectivity index (χ0v) is 16.1. The molecule has 5 nitrogen and oxygen atoms in total. The maximum absolute atomic E-state index is 5.50. The van der Waals surface area contributed by atoms with E-state index in [1.165, 1.54) is 0 Å². The lowest BCUT2D eigenvalue weighted by atomic mass is 10.2. The predicted molar refractivity (Wildman–Crippen MR) is 112 cm³/mol. The SMILES string of the molecule is CCOc1ccc(Nc2cc(NCC(C)C)nc(-c3ccccc3)n2)cc1. The van der Waals surface area contributed by atoms with Crippen LogP contribution in [0.3, 0.4) is 0 Å². The number of nitrogens with zero attached hydrogens (tertiary/aromatic N) is 2. The average molecular weight is 362 g/mol.